The van der Waals surface area contributed by atoms with Crippen LogP contribution in [0.25, 0.3) is 0 Å². The Morgan fingerprint density at radius 3 is 2.75 bits per heavy atom. The highest BCUT2D eigenvalue weighted by Gasteiger charge is 2.40. The Kier molecular flexibility index (Phi) is 3.57. The molecule has 1 rings (SSSR count). The summed E-state index contributed by atoms with van der Waals surface area (Å²) in [4.78, 5) is 11.2. The van der Waals surface area contributed by atoms with Gasteiger partial charge in [0.05, 0.1) is 15.0 Å². The van der Waals surface area contributed by atoms with Crippen molar-refractivity contribution < 1.29 is 19.0 Å². The molecule has 84 valence electrons. The average Bonchev–Trinajstić information content (AvgIpc) is 2.26. The second-order valence-electron chi connectivity index (χ2n) is 3.64. The molecular formula is C11H12BFO3. The van der Waals surface area contributed by atoms with Gasteiger partial charge in [-0.2, -0.15) is 0 Å². The maximum absolute atomic E-state index is 14.0. The number of alkyl halides is 1. The summed E-state index contributed by atoms with van der Waals surface area (Å²) in [5.74, 6) is -2.26. The SMILES string of the molecule is [B][C@@H](c1cccc(O)c1)C(C)(F)C(=O)OC. The summed E-state index contributed by atoms with van der Waals surface area (Å²) in [6.07, 6.45) is 0. The van der Waals surface area contributed by atoms with Crippen LogP contribution in [0.2, 0.25) is 0 Å². The summed E-state index contributed by atoms with van der Waals surface area (Å²) < 4.78 is 18.3. The van der Waals surface area contributed by atoms with Crippen LogP contribution in [-0.4, -0.2) is 31.7 Å². The Hall–Kier alpha value is -1.52. The van der Waals surface area contributed by atoms with E-state index in [1.807, 2.05) is 0 Å². The molecule has 2 atom stereocenters. The second-order valence-corrected chi connectivity index (χ2v) is 3.64. The van der Waals surface area contributed by atoms with E-state index in [4.69, 9.17) is 7.85 Å². The number of esters is 1. The number of hydrogen-bond donors (Lipinski definition) is 1. The minimum atomic E-state index is -2.33. The highest BCUT2D eigenvalue weighted by Crippen LogP contribution is 2.31. The normalized spacial score (nSPS) is 16.2. The van der Waals surface area contributed by atoms with Crippen LogP contribution >= 0.6 is 0 Å². The van der Waals surface area contributed by atoms with E-state index in [-0.39, 0.29) is 5.75 Å². The second kappa shape index (κ2) is 4.55. The molecule has 1 unspecified atom stereocenters. The minimum absolute atomic E-state index is 0.0337. The highest BCUT2D eigenvalue weighted by molar-refractivity contribution is 6.15. The first kappa shape index (κ1) is 12.6. The number of benzene rings is 1. The van der Waals surface area contributed by atoms with Gasteiger partial charge in [-0.15, -0.1) is 0 Å². The van der Waals surface area contributed by atoms with Gasteiger partial charge in [0.15, 0.2) is 0 Å². The van der Waals surface area contributed by atoms with Crippen LogP contribution in [-0.2, 0) is 9.53 Å². The maximum atomic E-state index is 14.0. The fourth-order valence-electron chi connectivity index (χ4n) is 1.36. The van der Waals surface area contributed by atoms with Crippen LogP contribution in [0.1, 0.15) is 18.3 Å². The zero-order valence-electron chi connectivity index (χ0n) is 9.11. The summed E-state index contributed by atoms with van der Waals surface area (Å²) in [5, 5.41) is 9.23. The first-order valence-corrected chi connectivity index (χ1v) is 4.71. The van der Waals surface area contributed by atoms with Gasteiger partial charge in [-0.25, -0.2) is 9.18 Å². The van der Waals surface area contributed by atoms with Crippen LogP contribution < -0.4 is 0 Å². The molecule has 0 fully saturated rings. The molecule has 0 amide bonds. The monoisotopic (exact) mass is 222 g/mol. The Balaban J connectivity index is 3.01. The molecule has 0 aliphatic heterocycles. The predicted molar refractivity (Wildman–Crippen MR) is 58.1 cm³/mol. The molecule has 0 spiro atoms. The van der Waals surface area contributed by atoms with Crippen molar-refractivity contribution in [1.29, 1.82) is 0 Å². The van der Waals surface area contributed by atoms with Crippen molar-refractivity contribution in [2.45, 2.75) is 18.4 Å². The lowest BCUT2D eigenvalue weighted by atomic mass is 9.71. The molecule has 1 aromatic rings. The van der Waals surface area contributed by atoms with Crippen LogP contribution in [0, 0.1) is 0 Å². The molecule has 16 heavy (non-hydrogen) atoms. The Morgan fingerprint density at radius 2 is 2.25 bits per heavy atom. The van der Waals surface area contributed by atoms with Gasteiger partial charge in [0.2, 0.25) is 5.67 Å². The van der Waals surface area contributed by atoms with Crippen LogP contribution in [0.3, 0.4) is 0 Å². The zero-order chi connectivity index (χ0) is 12.3. The van der Waals surface area contributed by atoms with Crippen molar-refractivity contribution in [3.05, 3.63) is 29.8 Å². The van der Waals surface area contributed by atoms with Crippen LogP contribution in [0.15, 0.2) is 24.3 Å². The minimum Gasteiger partial charge on any atom is -0.508 e. The molecule has 2 radical (unpaired) electrons. The van der Waals surface area contributed by atoms with Gasteiger partial charge in [0, 0.05) is 0 Å². The van der Waals surface area contributed by atoms with Crippen molar-refractivity contribution in [3.63, 3.8) is 0 Å². The third-order valence-electron chi connectivity index (χ3n) is 2.40. The Labute approximate surface area is 94.6 Å². The zero-order valence-corrected chi connectivity index (χ0v) is 9.11. The summed E-state index contributed by atoms with van der Waals surface area (Å²) in [7, 11) is 6.72. The molecule has 0 saturated heterocycles. The maximum Gasteiger partial charge on any atom is 0.343 e. The van der Waals surface area contributed by atoms with Crippen molar-refractivity contribution in [3.8, 4) is 5.75 Å². The van der Waals surface area contributed by atoms with Crippen LogP contribution in [0.4, 0.5) is 4.39 Å². The smallest absolute Gasteiger partial charge is 0.343 e. The van der Waals surface area contributed by atoms with Crippen molar-refractivity contribution in [1.82, 2.24) is 0 Å². The number of phenolic OH excluding ortho intramolecular Hbond substituents is 1. The van der Waals surface area contributed by atoms with Gasteiger partial charge in [0.1, 0.15) is 5.75 Å². The van der Waals surface area contributed by atoms with E-state index in [9.17, 15) is 14.3 Å². The van der Waals surface area contributed by atoms with E-state index in [2.05, 4.69) is 4.74 Å². The standard InChI is InChI=1S/C11H12BFO3/c1-11(13,10(15)16-2)9(12)7-4-3-5-8(14)6-7/h3-6,9,14H,1-2H3/t9-,11?/m0/s1. The van der Waals surface area contributed by atoms with Gasteiger partial charge in [-0.3, -0.25) is 0 Å². The molecule has 0 aliphatic carbocycles. The number of phenols is 1. The summed E-state index contributed by atoms with van der Waals surface area (Å²) >= 11 is 0. The highest BCUT2D eigenvalue weighted by atomic mass is 19.1. The number of carbonyl (C=O) groups is 1. The molecule has 0 aromatic heterocycles. The van der Waals surface area contributed by atoms with E-state index in [1.165, 1.54) is 24.3 Å². The fourth-order valence-corrected chi connectivity index (χ4v) is 1.36. The molecule has 0 saturated carbocycles. The number of hydrogen-bond acceptors (Lipinski definition) is 3. The summed E-state index contributed by atoms with van der Waals surface area (Å²) in [6.45, 7) is 1.05. The molecule has 1 aromatic carbocycles. The van der Waals surface area contributed by atoms with Crippen LogP contribution in [0.5, 0.6) is 5.75 Å². The van der Waals surface area contributed by atoms with Gasteiger partial charge in [0.25, 0.3) is 0 Å². The molecule has 5 heteroatoms. The lowest BCUT2D eigenvalue weighted by molar-refractivity contribution is -0.153. The topological polar surface area (TPSA) is 46.5 Å². The van der Waals surface area contributed by atoms with E-state index < -0.39 is 17.5 Å². The van der Waals surface area contributed by atoms with E-state index >= 15 is 0 Å². The largest absolute Gasteiger partial charge is 0.508 e. The lowest BCUT2D eigenvalue weighted by Gasteiger charge is -2.25. The Bertz CT molecular complexity index is 393. The molecule has 3 nitrogen and oxygen atoms in total. The van der Waals surface area contributed by atoms with Gasteiger partial charge in [-0.05, 0) is 30.4 Å². The molecular weight excluding hydrogens is 210 g/mol. The molecule has 1 N–H and O–H groups in total. The van der Waals surface area contributed by atoms with E-state index in [0.29, 0.717) is 5.56 Å². The number of aromatic hydroxyl groups is 1. The number of carbonyl (C=O) groups excluding carboxylic acids is 1. The number of ether oxygens (including phenoxy) is 1. The third-order valence-corrected chi connectivity index (χ3v) is 2.40. The molecule has 0 bridgehead atoms. The molecule has 0 heterocycles. The van der Waals surface area contributed by atoms with Crippen molar-refractivity contribution in [2.24, 2.45) is 0 Å². The van der Waals surface area contributed by atoms with Crippen molar-refractivity contribution >= 4 is 13.8 Å². The number of rotatable bonds is 3. The van der Waals surface area contributed by atoms with E-state index in [0.717, 1.165) is 14.0 Å². The fraction of sp³-hybridized carbons (Fsp3) is 0.364. The predicted octanol–water partition coefficient (Wildman–Crippen LogP) is 1.50. The first-order valence-electron chi connectivity index (χ1n) is 4.71. The Morgan fingerprint density at radius 1 is 1.62 bits per heavy atom. The van der Waals surface area contributed by atoms with Gasteiger partial charge >= 0.3 is 5.97 Å². The quantitative estimate of drug-likeness (QED) is 0.622. The molecule has 0 aliphatic rings. The lowest BCUT2D eigenvalue weighted by Crippen LogP contribution is -2.38. The average molecular weight is 222 g/mol. The van der Waals surface area contributed by atoms with Gasteiger partial charge < -0.3 is 9.84 Å². The third kappa shape index (κ3) is 2.35. The summed E-state index contributed by atoms with van der Waals surface area (Å²) in [6, 6.07) is 5.80. The number of halogens is 1. The summed E-state index contributed by atoms with van der Waals surface area (Å²) in [5.41, 5.74) is -2.00. The van der Waals surface area contributed by atoms with Gasteiger partial charge in [-0.1, -0.05) is 12.1 Å². The number of methoxy groups -OCH3 is 1. The van der Waals surface area contributed by atoms with E-state index in [1.54, 1.807) is 0 Å². The first-order chi connectivity index (χ1) is 7.39. The van der Waals surface area contributed by atoms with Crippen molar-refractivity contribution in [2.75, 3.05) is 7.11 Å².